The second-order valence-corrected chi connectivity index (χ2v) is 6.91. The van der Waals surface area contributed by atoms with E-state index in [-0.39, 0.29) is 22.6 Å². The second kappa shape index (κ2) is 7.81. The molecule has 0 aliphatic rings. The summed E-state index contributed by atoms with van der Waals surface area (Å²) in [7, 11) is 0. The molecule has 0 spiro atoms. The molecule has 0 unspecified atom stereocenters. The third-order valence-corrected chi connectivity index (χ3v) is 4.70. The summed E-state index contributed by atoms with van der Waals surface area (Å²) in [6.45, 7) is 0. The molecule has 1 heterocycles. The van der Waals surface area contributed by atoms with E-state index in [9.17, 15) is 14.7 Å². The van der Waals surface area contributed by atoms with Gasteiger partial charge in [-0.3, -0.25) is 4.79 Å². The molecule has 7 nitrogen and oxygen atoms in total. The van der Waals surface area contributed by atoms with Crippen LogP contribution in [0, 0.1) is 0 Å². The summed E-state index contributed by atoms with van der Waals surface area (Å²) < 4.78 is 0. The van der Waals surface area contributed by atoms with Gasteiger partial charge in [0.05, 0.1) is 28.0 Å². The van der Waals surface area contributed by atoms with Crippen LogP contribution < -0.4 is 11.1 Å². The molecule has 1 aromatic heterocycles. The summed E-state index contributed by atoms with van der Waals surface area (Å²) in [6, 6.07) is 18.2. The van der Waals surface area contributed by atoms with Gasteiger partial charge in [-0.25, -0.2) is 14.8 Å². The molecule has 0 saturated heterocycles. The van der Waals surface area contributed by atoms with Crippen molar-refractivity contribution in [2.75, 3.05) is 11.1 Å². The number of anilines is 2. The van der Waals surface area contributed by atoms with Crippen molar-refractivity contribution in [3.8, 4) is 11.3 Å². The number of nitrogens with two attached hydrogens (primary N) is 1. The fourth-order valence-corrected chi connectivity index (χ4v) is 3.07. The topological polar surface area (TPSA) is 118 Å². The number of carboxylic acids is 1. The van der Waals surface area contributed by atoms with Crippen LogP contribution >= 0.6 is 11.6 Å². The number of hydrogen-bond acceptors (Lipinski definition) is 5. The number of nitrogens with zero attached hydrogens (tertiary/aromatic N) is 2. The highest BCUT2D eigenvalue weighted by Crippen LogP contribution is 2.27. The van der Waals surface area contributed by atoms with E-state index >= 15 is 0 Å². The highest BCUT2D eigenvalue weighted by atomic mass is 35.5. The van der Waals surface area contributed by atoms with E-state index < -0.39 is 11.9 Å². The predicted molar refractivity (Wildman–Crippen MR) is 116 cm³/mol. The molecule has 0 bridgehead atoms. The zero-order chi connectivity index (χ0) is 21.3. The summed E-state index contributed by atoms with van der Waals surface area (Å²) in [5.74, 6) is -1.69. The number of fused-ring (bicyclic) bond motifs is 1. The first kappa shape index (κ1) is 19.4. The molecule has 0 saturated carbocycles. The summed E-state index contributed by atoms with van der Waals surface area (Å²) in [5, 5.41) is 12.4. The number of halogens is 1. The lowest BCUT2D eigenvalue weighted by Gasteiger charge is -2.12. The maximum absolute atomic E-state index is 13.1. The fourth-order valence-electron chi connectivity index (χ4n) is 2.95. The third-order valence-electron chi connectivity index (χ3n) is 4.45. The Hall–Kier alpha value is -3.97. The number of carbonyl (C=O) groups is 2. The van der Waals surface area contributed by atoms with Crippen LogP contribution in [0.25, 0.3) is 22.3 Å². The number of para-hydroxylation sites is 2. The van der Waals surface area contributed by atoms with Gasteiger partial charge in [0.15, 0.2) is 5.69 Å². The van der Waals surface area contributed by atoms with Gasteiger partial charge in [-0.2, -0.15) is 0 Å². The van der Waals surface area contributed by atoms with Gasteiger partial charge in [0.25, 0.3) is 5.91 Å². The molecule has 8 heteroatoms. The first-order chi connectivity index (χ1) is 14.4. The highest BCUT2D eigenvalue weighted by molar-refractivity contribution is 6.30. The molecule has 0 aliphatic carbocycles. The Balaban J connectivity index is 1.82. The first-order valence-corrected chi connectivity index (χ1v) is 9.27. The molecule has 1 amide bonds. The lowest BCUT2D eigenvalue weighted by Crippen LogP contribution is -2.17. The average Bonchev–Trinajstić information content (AvgIpc) is 2.74. The summed E-state index contributed by atoms with van der Waals surface area (Å²) in [6.07, 6.45) is 0. The number of aromatic nitrogens is 2. The number of amides is 1. The number of benzene rings is 3. The Morgan fingerprint density at radius 3 is 2.27 bits per heavy atom. The average molecular weight is 419 g/mol. The quantitative estimate of drug-likeness (QED) is 0.420. The van der Waals surface area contributed by atoms with Gasteiger partial charge in [0, 0.05) is 10.6 Å². The number of nitrogen functional groups attached to an aromatic ring is 1. The van der Waals surface area contributed by atoms with Crippen molar-refractivity contribution >= 4 is 45.9 Å². The summed E-state index contributed by atoms with van der Waals surface area (Å²) in [5.41, 5.74) is 8.62. The largest absolute Gasteiger partial charge is 0.478 e. The SMILES string of the molecule is Nc1ccc(C(=O)O)cc1NC(=O)c1nc2ccccc2nc1-c1ccc(Cl)cc1. The molecule has 4 aromatic rings. The van der Waals surface area contributed by atoms with Crippen molar-refractivity contribution in [1.29, 1.82) is 0 Å². The predicted octanol–water partition coefficient (Wildman–Crippen LogP) is 4.48. The Labute approximate surface area is 176 Å². The van der Waals surface area contributed by atoms with Crippen LogP contribution in [-0.2, 0) is 0 Å². The van der Waals surface area contributed by atoms with Crippen LogP contribution in [0.4, 0.5) is 11.4 Å². The van der Waals surface area contributed by atoms with Crippen molar-refractivity contribution in [3.05, 3.63) is 83.0 Å². The Morgan fingerprint density at radius 2 is 1.60 bits per heavy atom. The van der Waals surface area contributed by atoms with E-state index in [0.717, 1.165) is 0 Å². The molecular weight excluding hydrogens is 404 g/mol. The van der Waals surface area contributed by atoms with Crippen LogP contribution in [0.15, 0.2) is 66.7 Å². The minimum atomic E-state index is -1.13. The van der Waals surface area contributed by atoms with Crippen molar-refractivity contribution in [1.82, 2.24) is 9.97 Å². The van der Waals surface area contributed by atoms with Crippen LogP contribution in [0.3, 0.4) is 0 Å². The van der Waals surface area contributed by atoms with Crippen LogP contribution in [0.5, 0.6) is 0 Å². The smallest absolute Gasteiger partial charge is 0.335 e. The third kappa shape index (κ3) is 3.78. The lowest BCUT2D eigenvalue weighted by atomic mass is 10.1. The van der Waals surface area contributed by atoms with E-state index in [2.05, 4.69) is 15.3 Å². The Bertz CT molecular complexity index is 1290. The van der Waals surface area contributed by atoms with Gasteiger partial charge in [-0.15, -0.1) is 0 Å². The van der Waals surface area contributed by atoms with E-state index in [1.165, 1.54) is 18.2 Å². The lowest BCUT2D eigenvalue weighted by molar-refractivity contribution is 0.0696. The van der Waals surface area contributed by atoms with Crippen LogP contribution in [0.1, 0.15) is 20.8 Å². The molecule has 0 aliphatic heterocycles. The van der Waals surface area contributed by atoms with Gasteiger partial charge in [0.2, 0.25) is 0 Å². The standard InChI is InChI=1S/C22H15ClN4O3/c23-14-8-5-12(6-9-14)19-20(26-17-4-2-1-3-16(17)25-19)21(28)27-18-11-13(22(29)30)7-10-15(18)24/h1-11H,24H2,(H,27,28)(H,29,30). The Kier molecular flexibility index (Phi) is 5.04. The van der Waals surface area contributed by atoms with Crippen molar-refractivity contribution in [3.63, 3.8) is 0 Å². The molecule has 3 aromatic carbocycles. The molecule has 0 atom stereocenters. The Morgan fingerprint density at radius 1 is 0.933 bits per heavy atom. The molecular formula is C22H15ClN4O3. The number of carboxylic acid groups (broad SMARTS) is 1. The minimum absolute atomic E-state index is 0.00187. The number of nitrogens with one attached hydrogen (secondary N) is 1. The number of hydrogen-bond donors (Lipinski definition) is 3. The molecule has 0 fully saturated rings. The van der Waals surface area contributed by atoms with Crippen LogP contribution in [-0.4, -0.2) is 27.0 Å². The van der Waals surface area contributed by atoms with E-state index in [1.54, 1.807) is 42.5 Å². The second-order valence-electron chi connectivity index (χ2n) is 6.48. The van der Waals surface area contributed by atoms with Gasteiger partial charge in [0.1, 0.15) is 5.69 Å². The van der Waals surface area contributed by atoms with Gasteiger partial charge >= 0.3 is 5.97 Å². The zero-order valence-corrected chi connectivity index (χ0v) is 16.2. The van der Waals surface area contributed by atoms with Crippen molar-refractivity contribution in [2.45, 2.75) is 0 Å². The van der Waals surface area contributed by atoms with E-state index in [4.69, 9.17) is 17.3 Å². The minimum Gasteiger partial charge on any atom is -0.478 e. The fraction of sp³-hybridized carbons (Fsp3) is 0. The number of rotatable bonds is 4. The summed E-state index contributed by atoms with van der Waals surface area (Å²) >= 11 is 5.98. The van der Waals surface area contributed by atoms with Gasteiger partial charge in [-0.1, -0.05) is 35.9 Å². The monoisotopic (exact) mass is 418 g/mol. The molecule has 4 N–H and O–H groups in total. The maximum atomic E-state index is 13.1. The number of carbonyl (C=O) groups excluding carboxylic acids is 1. The van der Waals surface area contributed by atoms with Gasteiger partial charge in [-0.05, 0) is 42.5 Å². The summed E-state index contributed by atoms with van der Waals surface area (Å²) in [4.78, 5) is 33.5. The van der Waals surface area contributed by atoms with E-state index in [0.29, 0.717) is 27.3 Å². The highest BCUT2D eigenvalue weighted by Gasteiger charge is 2.19. The van der Waals surface area contributed by atoms with Crippen molar-refractivity contribution in [2.24, 2.45) is 0 Å². The van der Waals surface area contributed by atoms with Crippen molar-refractivity contribution < 1.29 is 14.7 Å². The maximum Gasteiger partial charge on any atom is 0.335 e. The molecule has 4 rings (SSSR count). The first-order valence-electron chi connectivity index (χ1n) is 8.89. The molecule has 0 radical (unpaired) electrons. The molecule has 30 heavy (non-hydrogen) atoms. The van der Waals surface area contributed by atoms with E-state index in [1.807, 2.05) is 6.07 Å². The van der Waals surface area contributed by atoms with Gasteiger partial charge < -0.3 is 16.2 Å². The normalized spacial score (nSPS) is 10.7. The molecule has 148 valence electrons. The van der Waals surface area contributed by atoms with Crippen LogP contribution in [0.2, 0.25) is 5.02 Å². The number of aromatic carboxylic acids is 1. The zero-order valence-electron chi connectivity index (χ0n) is 15.5.